The molecule has 0 saturated heterocycles. The zero-order chi connectivity index (χ0) is 15.1. The van der Waals surface area contributed by atoms with E-state index in [-0.39, 0.29) is 6.42 Å². The van der Waals surface area contributed by atoms with Gasteiger partial charge in [0.25, 0.3) is 0 Å². The fourth-order valence-corrected chi connectivity index (χ4v) is 3.21. The molecule has 3 nitrogen and oxygen atoms in total. The molecule has 2 unspecified atom stereocenters. The second-order valence-corrected chi connectivity index (χ2v) is 6.32. The first-order valence-electron chi connectivity index (χ1n) is 8.17. The van der Waals surface area contributed by atoms with Crippen molar-refractivity contribution in [1.29, 1.82) is 0 Å². The summed E-state index contributed by atoms with van der Waals surface area (Å²) in [7, 11) is 0. The number of hydrogen-bond donors (Lipinski definition) is 2. The smallest absolute Gasteiger partial charge is 0.303 e. The highest BCUT2D eigenvalue weighted by Crippen LogP contribution is 2.30. The van der Waals surface area contributed by atoms with E-state index >= 15 is 0 Å². The maximum atomic E-state index is 10.5. The number of carboxylic acids is 1. The fraction of sp³-hybridized carbons (Fsp3) is 0.611. The van der Waals surface area contributed by atoms with Crippen molar-refractivity contribution in [2.45, 2.75) is 51.4 Å². The maximum Gasteiger partial charge on any atom is 0.303 e. The number of nitrogens with one attached hydrogen (secondary N) is 1. The van der Waals surface area contributed by atoms with E-state index in [9.17, 15) is 4.79 Å². The standard InChI is InChI=1S/C18H27NO2/c1-14(9-10-18(20)21)11-12-19-13-16-7-4-6-15-5-2-3-8-17(15)16/h2-3,5,8,14,16,19H,4,6-7,9-13H2,1H3,(H,20,21). The van der Waals surface area contributed by atoms with Gasteiger partial charge in [-0.05, 0) is 61.6 Å². The minimum atomic E-state index is -0.686. The van der Waals surface area contributed by atoms with Crippen molar-refractivity contribution >= 4 is 5.97 Å². The Labute approximate surface area is 127 Å². The highest BCUT2D eigenvalue weighted by Gasteiger charge is 2.19. The van der Waals surface area contributed by atoms with Crippen molar-refractivity contribution in [3.63, 3.8) is 0 Å². The lowest BCUT2D eigenvalue weighted by atomic mass is 9.83. The Morgan fingerprint density at radius 1 is 1.38 bits per heavy atom. The third-order valence-electron chi connectivity index (χ3n) is 4.55. The molecule has 2 atom stereocenters. The molecule has 116 valence electrons. The molecule has 21 heavy (non-hydrogen) atoms. The SMILES string of the molecule is CC(CCNCC1CCCc2ccccc21)CCC(=O)O. The molecule has 1 aromatic carbocycles. The Kier molecular flexibility index (Phi) is 6.24. The molecule has 0 radical (unpaired) electrons. The first kappa shape index (κ1) is 16.0. The summed E-state index contributed by atoms with van der Waals surface area (Å²) in [5.41, 5.74) is 3.04. The van der Waals surface area contributed by atoms with Gasteiger partial charge in [0, 0.05) is 13.0 Å². The number of aliphatic carboxylic acids is 1. The summed E-state index contributed by atoms with van der Waals surface area (Å²) in [4.78, 5) is 10.5. The van der Waals surface area contributed by atoms with Crippen molar-refractivity contribution in [3.05, 3.63) is 35.4 Å². The summed E-state index contributed by atoms with van der Waals surface area (Å²) in [6.45, 7) is 4.17. The van der Waals surface area contributed by atoms with Crippen LogP contribution in [0, 0.1) is 5.92 Å². The Balaban J connectivity index is 1.69. The fourth-order valence-electron chi connectivity index (χ4n) is 3.21. The zero-order valence-electron chi connectivity index (χ0n) is 13.0. The number of aryl methyl sites for hydroxylation is 1. The molecule has 1 aliphatic rings. The van der Waals surface area contributed by atoms with Gasteiger partial charge in [-0.15, -0.1) is 0 Å². The molecular formula is C18H27NO2. The van der Waals surface area contributed by atoms with Crippen molar-refractivity contribution in [1.82, 2.24) is 5.32 Å². The molecule has 0 aliphatic heterocycles. The van der Waals surface area contributed by atoms with E-state index in [1.807, 2.05) is 0 Å². The highest BCUT2D eigenvalue weighted by atomic mass is 16.4. The predicted molar refractivity (Wildman–Crippen MR) is 85.6 cm³/mol. The van der Waals surface area contributed by atoms with E-state index < -0.39 is 5.97 Å². The normalized spacial score (nSPS) is 19.0. The molecule has 1 aliphatic carbocycles. The molecule has 0 fully saturated rings. The number of hydrogen-bond acceptors (Lipinski definition) is 2. The van der Waals surface area contributed by atoms with Crippen LogP contribution in [0.1, 0.15) is 56.1 Å². The monoisotopic (exact) mass is 289 g/mol. The van der Waals surface area contributed by atoms with Crippen molar-refractivity contribution < 1.29 is 9.90 Å². The van der Waals surface area contributed by atoms with Gasteiger partial charge in [-0.3, -0.25) is 4.79 Å². The van der Waals surface area contributed by atoms with Gasteiger partial charge in [0.05, 0.1) is 0 Å². The van der Waals surface area contributed by atoms with Crippen molar-refractivity contribution in [3.8, 4) is 0 Å². The van der Waals surface area contributed by atoms with E-state index in [0.717, 1.165) is 25.9 Å². The van der Waals surface area contributed by atoms with Gasteiger partial charge in [0.2, 0.25) is 0 Å². The van der Waals surface area contributed by atoms with Crippen LogP contribution in [0.4, 0.5) is 0 Å². The summed E-state index contributed by atoms with van der Waals surface area (Å²) in [6, 6.07) is 8.82. The van der Waals surface area contributed by atoms with E-state index in [1.165, 1.54) is 30.4 Å². The predicted octanol–water partition coefficient (Wildman–Crippen LogP) is 3.59. The molecule has 2 N–H and O–H groups in total. The van der Waals surface area contributed by atoms with Crippen LogP contribution in [0.3, 0.4) is 0 Å². The first-order chi connectivity index (χ1) is 10.2. The molecular weight excluding hydrogens is 262 g/mol. The van der Waals surface area contributed by atoms with Crippen LogP contribution in [-0.2, 0) is 11.2 Å². The van der Waals surface area contributed by atoms with Gasteiger partial charge >= 0.3 is 5.97 Å². The van der Waals surface area contributed by atoms with Crippen LogP contribution in [0.5, 0.6) is 0 Å². The summed E-state index contributed by atoms with van der Waals surface area (Å²) in [5.74, 6) is 0.435. The van der Waals surface area contributed by atoms with E-state index in [4.69, 9.17) is 5.11 Å². The van der Waals surface area contributed by atoms with Crippen LogP contribution in [0.15, 0.2) is 24.3 Å². The van der Waals surface area contributed by atoms with Gasteiger partial charge < -0.3 is 10.4 Å². The number of fused-ring (bicyclic) bond motifs is 1. The average molecular weight is 289 g/mol. The quantitative estimate of drug-likeness (QED) is 0.719. The van der Waals surface area contributed by atoms with Gasteiger partial charge in [-0.1, -0.05) is 31.2 Å². The number of carboxylic acid groups (broad SMARTS) is 1. The van der Waals surface area contributed by atoms with Crippen LogP contribution in [0.2, 0.25) is 0 Å². The third kappa shape index (κ3) is 5.16. The van der Waals surface area contributed by atoms with E-state index in [2.05, 4.69) is 36.5 Å². The number of carbonyl (C=O) groups is 1. The van der Waals surface area contributed by atoms with Gasteiger partial charge in [0.15, 0.2) is 0 Å². The lowest BCUT2D eigenvalue weighted by Crippen LogP contribution is -2.26. The Morgan fingerprint density at radius 2 is 2.19 bits per heavy atom. The van der Waals surface area contributed by atoms with E-state index in [1.54, 1.807) is 0 Å². The van der Waals surface area contributed by atoms with Gasteiger partial charge in [0.1, 0.15) is 0 Å². The van der Waals surface area contributed by atoms with Crippen molar-refractivity contribution in [2.24, 2.45) is 5.92 Å². The van der Waals surface area contributed by atoms with Crippen LogP contribution in [0.25, 0.3) is 0 Å². The maximum absolute atomic E-state index is 10.5. The Hall–Kier alpha value is -1.35. The molecule has 0 spiro atoms. The van der Waals surface area contributed by atoms with Gasteiger partial charge in [-0.25, -0.2) is 0 Å². The summed E-state index contributed by atoms with van der Waals surface area (Å²) >= 11 is 0. The molecule has 0 heterocycles. The number of rotatable bonds is 8. The molecule has 0 amide bonds. The molecule has 0 aromatic heterocycles. The van der Waals surface area contributed by atoms with Crippen LogP contribution >= 0.6 is 0 Å². The minimum Gasteiger partial charge on any atom is -0.481 e. The molecule has 1 aromatic rings. The third-order valence-corrected chi connectivity index (χ3v) is 4.55. The first-order valence-corrected chi connectivity index (χ1v) is 8.17. The largest absolute Gasteiger partial charge is 0.481 e. The second kappa shape index (κ2) is 8.18. The Morgan fingerprint density at radius 3 is 3.00 bits per heavy atom. The molecule has 3 heteroatoms. The summed E-state index contributed by atoms with van der Waals surface area (Å²) in [6.07, 6.45) is 5.91. The summed E-state index contributed by atoms with van der Waals surface area (Å²) < 4.78 is 0. The van der Waals surface area contributed by atoms with Crippen molar-refractivity contribution in [2.75, 3.05) is 13.1 Å². The lowest BCUT2D eigenvalue weighted by Gasteiger charge is -2.26. The van der Waals surface area contributed by atoms with Crippen LogP contribution in [-0.4, -0.2) is 24.2 Å². The van der Waals surface area contributed by atoms with Crippen LogP contribution < -0.4 is 5.32 Å². The Bertz CT molecular complexity index is 458. The topological polar surface area (TPSA) is 49.3 Å². The number of benzene rings is 1. The summed E-state index contributed by atoms with van der Waals surface area (Å²) in [5, 5.41) is 12.2. The average Bonchev–Trinajstić information content (AvgIpc) is 2.49. The minimum absolute atomic E-state index is 0.289. The highest BCUT2D eigenvalue weighted by molar-refractivity contribution is 5.66. The molecule has 0 saturated carbocycles. The lowest BCUT2D eigenvalue weighted by molar-refractivity contribution is -0.137. The van der Waals surface area contributed by atoms with E-state index in [0.29, 0.717) is 11.8 Å². The second-order valence-electron chi connectivity index (χ2n) is 6.32. The van der Waals surface area contributed by atoms with Gasteiger partial charge in [-0.2, -0.15) is 0 Å². The molecule has 0 bridgehead atoms. The molecule has 2 rings (SSSR count). The zero-order valence-corrected chi connectivity index (χ0v) is 13.0.